The second-order valence-corrected chi connectivity index (χ2v) is 4.07. The van der Waals surface area contributed by atoms with Crippen molar-refractivity contribution in [3.05, 3.63) is 30.1 Å². The zero-order valence-electron chi connectivity index (χ0n) is 10.8. The van der Waals surface area contributed by atoms with E-state index in [0.717, 1.165) is 40.8 Å². The summed E-state index contributed by atoms with van der Waals surface area (Å²) in [6.45, 7) is 0.666. The van der Waals surface area contributed by atoms with Crippen molar-refractivity contribution < 1.29 is 9.47 Å². The molecule has 1 aromatic carbocycles. The Bertz CT molecular complexity index is 541. The van der Waals surface area contributed by atoms with Gasteiger partial charge in [-0.3, -0.25) is 4.98 Å². The van der Waals surface area contributed by atoms with Gasteiger partial charge in [-0.1, -0.05) is 0 Å². The number of methoxy groups -OCH3 is 2. The summed E-state index contributed by atoms with van der Waals surface area (Å²) in [4.78, 5) is 4.43. The molecule has 0 bridgehead atoms. The SMILES string of the molecule is COc1cc(OC)c2ccnc(CCCN)c2c1. The van der Waals surface area contributed by atoms with Gasteiger partial charge >= 0.3 is 0 Å². The number of pyridine rings is 1. The van der Waals surface area contributed by atoms with Gasteiger partial charge in [0.2, 0.25) is 0 Å². The van der Waals surface area contributed by atoms with Crippen LogP contribution in [0.25, 0.3) is 10.8 Å². The number of fused-ring (bicyclic) bond motifs is 1. The summed E-state index contributed by atoms with van der Waals surface area (Å²) in [5.74, 6) is 1.59. The number of aromatic nitrogens is 1. The van der Waals surface area contributed by atoms with E-state index in [1.807, 2.05) is 24.4 Å². The standard InChI is InChI=1S/C14H18N2O2/c1-17-10-8-12-11(14(9-10)18-2)5-7-16-13(12)4-3-6-15/h5,7-9H,3-4,6,15H2,1-2H3. The average molecular weight is 246 g/mol. The topological polar surface area (TPSA) is 57.4 Å². The van der Waals surface area contributed by atoms with Gasteiger partial charge in [-0.25, -0.2) is 0 Å². The smallest absolute Gasteiger partial charge is 0.130 e. The fourth-order valence-corrected chi connectivity index (χ4v) is 2.04. The molecule has 1 aromatic heterocycles. The zero-order valence-corrected chi connectivity index (χ0v) is 10.8. The highest BCUT2D eigenvalue weighted by Crippen LogP contribution is 2.32. The number of ether oxygens (including phenoxy) is 2. The minimum atomic E-state index is 0.666. The van der Waals surface area contributed by atoms with E-state index in [4.69, 9.17) is 15.2 Å². The Labute approximate surface area is 107 Å². The van der Waals surface area contributed by atoms with E-state index in [1.165, 1.54) is 0 Å². The minimum Gasteiger partial charge on any atom is -0.497 e. The number of hydrogen-bond donors (Lipinski definition) is 1. The predicted molar refractivity (Wildman–Crippen MR) is 72.2 cm³/mol. The summed E-state index contributed by atoms with van der Waals surface area (Å²) < 4.78 is 10.7. The van der Waals surface area contributed by atoms with Crippen LogP contribution in [0.2, 0.25) is 0 Å². The first-order valence-electron chi connectivity index (χ1n) is 6.00. The molecule has 0 amide bonds. The molecule has 0 aliphatic rings. The second-order valence-electron chi connectivity index (χ2n) is 4.07. The Morgan fingerprint density at radius 2 is 2.00 bits per heavy atom. The van der Waals surface area contributed by atoms with E-state index < -0.39 is 0 Å². The summed E-state index contributed by atoms with van der Waals surface area (Å²) in [6.07, 6.45) is 3.60. The van der Waals surface area contributed by atoms with Crippen LogP contribution in [-0.4, -0.2) is 25.7 Å². The highest BCUT2D eigenvalue weighted by molar-refractivity contribution is 5.91. The molecule has 0 aliphatic heterocycles. The van der Waals surface area contributed by atoms with E-state index in [1.54, 1.807) is 14.2 Å². The zero-order chi connectivity index (χ0) is 13.0. The van der Waals surface area contributed by atoms with Crippen LogP contribution in [-0.2, 0) is 6.42 Å². The van der Waals surface area contributed by atoms with Crippen molar-refractivity contribution in [1.29, 1.82) is 0 Å². The monoisotopic (exact) mass is 246 g/mol. The molecule has 0 unspecified atom stereocenters. The molecular weight excluding hydrogens is 228 g/mol. The second kappa shape index (κ2) is 5.69. The molecule has 96 valence electrons. The Kier molecular flexibility index (Phi) is 3.99. The fourth-order valence-electron chi connectivity index (χ4n) is 2.04. The molecule has 18 heavy (non-hydrogen) atoms. The van der Waals surface area contributed by atoms with Crippen molar-refractivity contribution in [2.75, 3.05) is 20.8 Å². The van der Waals surface area contributed by atoms with E-state index in [-0.39, 0.29) is 0 Å². The van der Waals surface area contributed by atoms with E-state index in [2.05, 4.69) is 4.98 Å². The molecule has 0 saturated heterocycles. The predicted octanol–water partition coefficient (Wildman–Crippen LogP) is 2.14. The molecule has 0 fully saturated rings. The molecule has 2 N–H and O–H groups in total. The molecule has 2 aromatic rings. The summed E-state index contributed by atoms with van der Waals surface area (Å²) in [7, 11) is 3.31. The van der Waals surface area contributed by atoms with Crippen LogP contribution in [0.4, 0.5) is 0 Å². The summed E-state index contributed by atoms with van der Waals surface area (Å²) >= 11 is 0. The molecule has 0 saturated carbocycles. The Morgan fingerprint density at radius 3 is 2.67 bits per heavy atom. The van der Waals surface area contributed by atoms with Gasteiger partial charge in [0.05, 0.1) is 14.2 Å². The van der Waals surface area contributed by atoms with E-state index in [9.17, 15) is 0 Å². The lowest BCUT2D eigenvalue weighted by atomic mass is 10.1. The Morgan fingerprint density at radius 1 is 1.17 bits per heavy atom. The number of rotatable bonds is 5. The highest BCUT2D eigenvalue weighted by Gasteiger charge is 2.09. The first kappa shape index (κ1) is 12.6. The van der Waals surface area contributed by atoms with Gasteiger partial charge in [0, 0.05) is 28.7 Å². The van der Waals surface area contributed by atoms with Crippen LogP contribution in [0, 0.1) is 0 Å². The molecule has 2 rings (SSSR count). The van der Waals surface area contributed by atoms with Gasteiger partial charge in [0.15, 0.2) is 0 Å². The maximum Gasteiger partial charge on any atom is 0.130 e. The van der Waals surface area contributed by atoms with Crippen molar-refractivity contribution in [3.8, 4) is 11.5 Å². The van der Waals surface area contributed by atoms with Gasteiger partial charge in [-0.15, -0.1) is 0 Å². The lowest BCUT2D eigenvalue weighted by Gasteiger charge is -2.11. The van der Waals surface area contributed by atoms with Gasteiger partial charge in [0.25, 0.3) is 0 Å². The molecule has 0 radical (unpaired) electrons. The van der Waals surface area contributed by atoms with Crippen LogP contribution in [0.15, 0.2) is 24.4 Å². The number of benzene rings is 1. The molecule has 0 atom stereocenters. The molecule has 0 spiro atoms. The summed E-state index contributed by atoms with van der Waals surface area (Å²) in [5.41, 5.74) is 6.59. The minimum absolute atomic E-state index is 0.666. The van der Waals surface area contributed by atoms with Crippen molar-refractivity contribution in [3.63, 3.8) is 0 Å². The van der Waals surface area contributed by atoms with Gasteiger partial charge in [0.1, 0.15) is 11.5 Å². The van der Waals surface area contributed by atoms with E-state index >= 15 is 0 Å². The highest BCUT2D eigenvalue weighted by atomic mass is 16.5. The summed E-state index contributed by atoms with van der Waals surface area (Å²) in [6, 6.07) is 5.84. The Balaban J connectivity index is 2.58. The number of aryl methyl sites for hydroxylation is 1. The van der Waals surface area contributed by atoms with Crippen LogP contribution in [0.5, 0.6) is 11.5 Å². The quantitative estimate of drug-likeness (QED) is 0.878. The van der Waals surface area contributed by atoms with Crippen molar-refractivity contribution in [2.24, 2.45) is 5.73 Å². The first-order valence-corrected chi connectivity index (χ1v) is 6.00. The van der Waals surface area contributed by atoms with Gasteiger partial charge in [-0.2, -0.15) is 0 Å². The molecule has 4 heteroatoms. The van der Waals surface area contributed by atoms with Gasteiger partial charge in [-0.05, 0) is 31.5 Å². The maximum absolute atomic E-state index is 5.56. The largest absolute Gasteiger partial charge is 0.497 e. The molecule has 1 heterocycles. The first-order chi connectivity index (χ1) is 8.80. The van der Waals surface area contributed by atoms with E-state index in [0.29, 0.717) is 6.54 Å². The molecule has 4 nitrogen and oxygen atoms in total. The molecule has 0 aliphatic carbocycles. The van der Waals surface area contributed by atoms with Crippen molar-refractivity contribution >= 4 is 10.8 Å². The normalized spacial score (nSPS) is 10.6. The molecular formula is C14H18N2O2. The third-order valence-corrected chi connectivity index (χ3v) is 2.97. The number of nitrogens with zero attached hydrogens (tertiary/aromatic N) is 1. The van der Waals surface area contributed by atoms with Crippen LogP contribution < -0.4 is 15.2 Å². The van der Waals surface area contributed by atoms with Gasteiger partial charge < -0.3 is 15.2 Å². The van der Waals surface area contributed by atoms with Crippen molar-refractivity contribution in [1.82, 2.24) is 4.98 Å². The number of hydrogen-bond acceptors (Lipinski definition) is 4. The maximum atomic E-state index is 5.56. The average Bonchev–Trinajstić information content (AvgIpc) is 2.43. The number of nitrogens with two attached hydrogens (primary N) is 1. The van der Waals surface area contributed by atoms with Crippen LogP contribution in [0.3, 0.4) is 0 Å². The van der Waals surface area contributed by atoms with Crippen molar-refractivity contribution in [2.45, 2.75) is 12.8 Å². The third-order valence-electron chi connectivity index (χ3n) is 2.97. The van der Waals surface area contributed by atoms with Crippen LogP contribution >= 0.6 is 0 Å². The lowest BCUT2D eigenvalue weighted by Crippen LogP contribution is -2.02. The Hall–Kier alpha value is -1.81. The fraction of sp³-hybridized carbons (Fsp3) is 0.357. The third kappa shape index (κ3) is 2.38. The lowest BCUT2D eigenvalue weighted by molar-refractivity contribution is 0.398. The van der Waals surface area contributed by atoms with Crippen LogP contribution in [0.1, 0.15) is 12.1 Å². The summed E-state index contributed by atoms with van der Waals surface area (Å²) in [5, 5.41) is 2.13.